The van der Waals surface area contributed by atoms with Gasteiger partial charge in [-0.05, 0) is 23.7 Å². The van der Waals surface area contributed by atoms with E-state index in [1.807, 2.05) is 0 Å². The Morgan fingerprint density at radius 1 is 1.17 bits per heavy atom. The summed E-state index contributed by atoms with van der Waals surface area (Å²) in [6, 6.07) is 6.55. The number of ether oxygens (including phenoxy) is 2. The van der Waals surface area contributed by atoms with Crippen molar-refractivity contribution >= 4 is 37.1 Å². The van der Waals surface area contributed by atoms with Crippen molar-refractivity contribution < 1.29 is 24.0 Å². The zero-order chi connectivity index (χ0) is 25.6. The molecule has 2 N–H and O–H groups in total. The number of fused-ring (bicyclic) bond motifs is 1. The number of nitro benzene ring substituents is 1. The molecule has 0 radical (unpaired) electrons. The highest BCUT2D eigenvalue weighted by Crippen LogP contribution is 2.34. The third-order valence-corrected chi connectivity index (χ3v) is 6.79. The molecule has 0 spiro atoms. The van der Waals surface area contributed by atoms with Gasteiger partial charge in [0.25, 0.3) is 11.6 Å². The molecule has 0 saturated carbocycles. The Labute approximate surface area is 202 Å². The molecule has 0 aliphatic heterocycles. The van der Waals surface area contributed by atoms with E-state index in [4.69, 9.17) is 9.47 Å². The average Bonchev–Trinajstić information content (AvgIpc) is 3.19. The summed E-state index contributed by atoms with van der Waals surface area (Å²) >= 11 is 0. The molecule has 0 fully saturated rings. The Bertz CT molecular complexity index is 1220. The van der Waals surface area contributed by atoms with Crippen LogP contribution in [0.25, 0.3) is 16.6 Å². The van der Waals surface area contributed by atoms with Gasteiger partial charge in [0.2, 0.25) is 0 Å². The second-order valence-corrected chi connectivity index (χ2v) is 14.6. The lowest BCUT2D eigenvalue weighted by atomic mass is 10.0. The SMILES string of the molecule is COCCNC(=O)c1cn2ncnc(NC(=O)OCC[Si](C)(C)C)c2c1-c1ccc([N+](=O)[O-])cc1. The van der Waals surface area contributed by atoms with Gasteiger partial charge in [-0.1, -0.05) is 19.6 Å². The Morgan fingerprint density at radius 3 is 2.51 bits per heavy atom. The Morgan fingerprint density at radius 2 is 1.89 bits per heavy atom. The number of methoxy groups -OCH3 is 1. The van der Waals surface area contributed by atoms with Crippen molar-refractivity contribution in [2.75, 3.05) is 32.2 Å². The minimum absolute atomic E-state index is 0.0936. The maximum absolute atomic E-state index is 13.0. The van der Waals surface area contributed by atoms with Crippen LogP contribution in [-0.4, -0.2) is 66.5 Å². The number of carbonyl (C=O) groups is 2. The first-order chi connectivity index (χ1) is 16.6. The highest BCUT2D eigenvalue weighted by atomic mass is 28.3. The molecule has 2 aromatic heterocycles. The summed E-state index contributed by atoms with van der Waals surface area (Å²) in [6.07, 6.45) is 2.08. The van der Waals surface area contributed by atoms with Crippen LogP contribution in [0.15, 0.2) is 36.8 Å². The van der Waals surface area contributed by atoms with E-state index in [0.29, 0.717) is 23.3 Å². The van der Waals surface area contributed by atoms with Crippen molar-refractivity contribution in [3.05, 3.63) is 52.5 Å². The van der Waals surface area contributed by atoms with Crippen LogP contribution in [0.3, 0.4) is 0 Å². The molecule has 0 bridgehead atoms. The molecule has 0 saturated heterocycles. The van der Waals surface area contributed by atoms with E-state index >= 15 is 0 Å². The minimum Gasteiger partial charge on any atom is -0.450 e. The molecule has 13 heteroatoms. The number of rotatable bonds is 10. The summed E-state index contributed by atoms with van der Waals surface area (Å²) in [5.74, 6) is -0.258. The topological polar surface area (TPSA) is 150 Å². The molecular formula is C22H28N6O6Si. The maximum atomic E-state index is 13.0. The highest BCUT2D eigenvalue weighted by Gasteiger charge is 2.24. The lowest BCUT2D eigenvalue weighted by molar-refractivity contribution is -0.384. The molecule has 2 amide bonds. The second-order valence-electron chi connectivity index (χ2n) is 8.94. The van der Waals surface area contributed by atoms with Gasteiger partial charge >= 0.3 is 6.09 Å². The van der Waals surface area contributed by atoms with Gasteiger partial charge in [-0.25, -0.2) is 14.3 Å². The summed E-state index contributed by atoms with van der Waals surface area (Å²) in [7, 11) is 0.140. The first kappa shape index (κ1) is 25.8. The van der Waals surface area contributed by atoms with Crippen molar-refractivity contribution in [2.45, 2.75) is 25.7 Å². The standard InChI is InChI=1S/C22H28N6O6Si/c1-33-10-9-23-21(29)17-13-27-19(18(17)15-5-7-16(8-6-15)28(31)32)20(24-14-25-27)26-22(30)34-11-12-35(2,3)4/h5-8,13-14H,9-12H2,1-4H3,(H,23,29)(H,24,25,26,30). The molecule has 0 unspecified atom stereocenters. The van der Waals surface area contributed by atoms with E-state index in [1.54, 1.807) is 0 Å². The van der Waals surface area contributed by atoms with Gasteiger partial charge in [-0.15, -0.1) is 0 Å². The minimum atomic E-state index is -1.38. The van der Waals surface area contributed by atoms with Gasteiger partial charge in [0, 0.05) is 45.6 Å². The lowest BCUT2D eigenvalue weighted by Gasteiger charge is -2.15. The number of anilines is 1. The van der Waals surface area contributed by atoms with Gasteiger partial charge in [-0.3, -0.25) is 20.2 Å². The summed E-state index contributed by atoms with van der Waals surface area (Å²) in [5.41, 5.74) is 1.43. The molecule has 0 aliphatic rings. The van der Waals surface area contributed by atoms with E-state index in [9.17, 15) is 19.7 Å². The predicted molar refractivity (Wildman–Crippen MR) is 132 cm³/mol. The average molecular weight is 501 g/mol. The largest absolute Gasteiger partial charge is 0.450 e. The number of carbonyl (C=O) groups excluding carboxylic acids is 2. The summed E-state index contributed by atoms with van der Waals surface area (Å²) in [6.45, 7) is 7.42. The van der Waals surface area contributed by atoms with Crippen LogP contribution in [-0.2, 0) is 9.47 Å². The number of nitrogens with zero attached hydrogens (tertiary/aromatic N) is 4. The molecule has 0 aliphatic carbocycles. The van der Waals surface area contributed by atoms with E-state index in [-0.39, 0.29) is 30.2 Å². The molecule has 186 valence electrons. The second kappa shape index (κ2) is 11.1. The number of hydrogen-bond acceptors (Lipinski definition) is 8. The molecule has 35 heavy (non-hydrogen) atoms. The van der Waals surface area contributed by atoms with Crippen LogP contribution >= 0.6 is 0 Å². The Balaban J connectivity index is 2.02. The first-order valence-corrected chi connectivity index (χ1v) is 14.6. The van der Waals surface area contributed by atoms with E-state index in [2.05, 4.69) is 40.4 Å². The normalized spacial score (nSPS) is 11.3. The smallest absolute Gasteiger partial charge is 0.412 e. The molecule has 12 nitrogen and oxygen atoms in total. The van der Waals surface area contributed by atoms with Crippen molar-refractivity contribution in [1.82, 2.24) is 19.9 Å². The van der Waals surface area contributed by atoms with Crippen LogP contribution in [0.1, 0.15) is 10.4 Å². The summed E-state index contributed by atoms with van der Waals surface area (Å²) < 4.78 is 11.7. The lowest BCUT2D eigenvalue weighted by Crippen LogP contribution is -2.27. The predicted octanol–water partition coefficient (Wildman–Crippen LogP) is 3.57. The van der Waals surface area contributed by atoms with Gasteiger partial charge in [0.05, 0.1) is 23.7 Å². The number of aromatic nitrogens is 3. The van der Waals surface area contributed by atoms with Crippen LogP contribution in [0.2, 0.25) is 25.7 Å². The number of non-ortho nitro benzene ring substituents is 1. The van der Waals surface area contributed by atoms with Crippen molar-refractivity contribution in [2.24, 2.45) is 0 Å². The fourth-order valence-corrected chi connectivity index (χ4v) is 3.98. The maximum Gasteiger partial charge on any atom is 0.412 e. The molecule has 2 heterocycles. The number of nitro groups is 1. The fourth-order valence-electron chi connectivity index (χ4n) is 3.26. The van der Waals surface area contributed by atoms with Crippen molar-refractivity contribution in [1.29, 1.82) is 0 Å². The van der Waals surface area contributed by atoms with Crippen LogP contribution in [0.4, 0.5) is 16.3 Å². The Kier molecular flexibility index (Phi) is 8.14. The third-order valence-electron chi connectivity index (χ3n) is 5.08. The molecule has 3 aromatic rings. The number of hydrogen-bond donors (Lipinski definition) is 2. The van der Waals surface area contributed by atoms with E-state index in [1.165, 1.54) is 48.4 Å². The van der Waals surface area contributed by atoms with Crippen molar-refractivity contribution in [3.63, 3.8) is 0 Å². The van der Waals surface area contributed by atoms with Crippen molar-refractivity contribution in [3.8, 4) is 11.1 Å². The van der Waals surface area contributed by atoms with Crippen LogP contribution in [0.5, 0.6) is 0 Å². The van der Waals surface area contributed by atoms with Gasteiger partial charge in [0.15, 0.2) is 5.82 Å². The quantitative estimate of drug-likeness (QED) is 0.186. The Hall–Kier alpha value is -3.84. The zero-order valence-electron chi connectivity index (χ0n) is 20.0. The molecule has 3 rings (SSSR count). The molecule has 0 atom stereocenters. The van der Waals surface area contributed by atoms with E-state index in [0.717, 1.165) is 6.04 Å². The molecular weight excluding hydrogens is 472 g/mol. The van der Waals surface area contributed by atoms with Crippen LogP contribution < -0.4 is 10.6 Å². The van der Waals surface area contributed by atoms with Crippen LogP contribution in [0, 0.1) is 10.1 Å². The first-order valence-electron chi connectivity index (χ1n) is 10.9. The van der Waals surface area contributed by atoms with Gasteiger partial charge in [-0.2, -0.15) is 5.10 Å². The van der Waals surface area contributed by atoms with Gasteiger partial charge in [0.1, 0.15) is 11.8 Å². The van der Waals surface area contributed by atoms with E-state index < -0.39 is 25.0 Å². The summed E-state index contributed by atoms with van der Waals surface area (Å²) in [5, 5.41) is 20.7. The molecule has 1 aromatic carbocycles. The highest BCUT2D eigenvalue weighted by molar-refractivity contribution is 6.76. The number of nitrogens with one attached hydrogen (secondary N) is 2. The summed E-state index contributed by atoms with van der Waals surface area (Å²) in [4.78, 5) is 40.2. The zero-order valence-corrected chi connectivity index (χ0v) is 21.0. The monoisotopic (exact) mass is 500 g/mol. The fraction of sp³-hybridized carbons (Fsp3) is 0.364. The number of benzene rings is 1. The number of amides is 2. The van der Waals surface area contributed by atoms with Gasteiger partial charge < -0.3 is 14.8 Å². The third kappa shape index (κ3) is 6.61.